The molecule has 0 fully saturated rings. The SMILES string of the molecule is COc1ccc(NC(=O)CS(=O)(=O)CC(=O)c2ccc(Br)cc2)cc1OC. The molecule has 0 saturated heterocycles. The third-order valence-electron chi connectivity index (χ3n) is 3.54. The fourth-order valence-electron chi connectivity index (χ4n) is 2.28. The zero-order chi connectivity index (χ0) is 20.0. The lowest BCUT2D eigenvalue weighted by Crippen LogP contribution is -2.27. The van der Waals surface area contributed by atoms with Crippen molar-refractivity contribution in [1.82, 2.24) is 0 Å². The molecule has 1 N–H and O–H groups in total. The molecule has 2 aromatic carbocycles. The van der Waals surface area contributed by atoms with Crippen molar-refractivity contribution in [3.05, 3.63) is 52.5 Å². The van der Waals surface area contributed by atoms with E-state index in [1.54, 1.807) is 24.3 Å². The molecule has 0 aliphatic heterocycles. The van der Waals surface area contributed by atoms with Gasteiger partial charge in [0.2, 0.25) is 5.91 Å². The fourth-order valence-corrected chi connectivity index (χ4v) is 3.68. The molecular formula is C18H18BrNO6S. The molecule has 0 aliphatic rings. The highest BCUT2D eigenvalue weighted by molar-refractivity contribution is 9.10. The number of carbonyl (C=O) groups excluding carboxylic acids is 2. The third kappa shape index (κ3) is 6.07. The Balaban J connectivity index is 2.01. The predicted octanol–water partition coefficient (Wildman–Crippen LogP) is 2.70. The van der Waals surface area contributed by atoms with Gasteiger partial charge in [-0.15, -0.1) is 0 Å². The number of amides is 1. The van der Waals surface area contributed by atoms with E-state index < -0.39 is 33.0 Å². The van der Waals surface area contributed by atoms with Crippen LogP contribution in [0.5, 0.6) is 11.5 Å². The van der Waals surface area contributed by atoms with Gasteiger partial charge in [0.1, 0.15) is 11.5 Å². The van der Waals surface area contributed by atoms with Gasteiger partial charge in [0, 0.05) is 21.8 Å². The molecule has 0 aromatic heterocycles. The summed E-state index contributed by atoms with van der Waals surface area (Å²) in [7, 11) is -0.993. The minimum atomic E-state index is -3.92. The number of sulfone groups is 1. The average Bonchev–Trinajstić information content (AvgIpc) is 2.61. The molecule has 0 aliphatic carbocycles. The molecule has 0 radical (unpaired) electrons. The Labute approximate surface area is 165 Å². The van der Waals surface area contributed by atoms with Crippen LogP contribution in [0.3, 0.4) is 0 Å². The Morgan fingerprint density at radius 2 is 1.59 bits per heavy atom. The van der Waals surface area contributed by atoms with Crippen LogP contribution >= 0.6 is 15.9 Å². The standard InChI is InChI=1S/C18H18BrNO6S/c1-25-16-8-7-14(9-17(16)26-2)20-18(22)11-27(23,24)10-15(21)12-3-5-13(19)6-4-12/h3-9H,10-11H2,1-2H3,(H,20,22). The molecule has 9 heteroatoms. The molecule has 2 aromatic rings. The number of anilines is 1. The second kappa shape index (κ2) is 9.01. The van der Waals surface area contributed by atoms with Crippen molar-refractivity contribution >= 4 is 43.1 Å². The van der Waals surface area contributed by atoms with Crippen molar-refractivity contribution in [3.8, 4) is 11.5 Å². The minimum Gasteiger partial charge on any atom is -0.493 e. The number of hydrogen-bond donors (Lipinski definition) is 1. The summed E-state index contributed by atoms with van der Waals surface area (Å²) in [4.78, 5) is 24.2. The summed E-state index contributed by atoms with van der Waals surface area (Å²) in [5.74, 6) is -1.99. The first-order valence-corrected chi connectivity index (χ1v) is 10.4. The van der Waals surface area contributed by atoms with Crippen molar-refractivity contribution in [2.45, 2.75) is 0 Å². The summed E-state index contributed by atoms with van der Waals surface area (Å²) < 4.78 is 35.3. The van der Waals surface area contributed by atoms with E-state index in [4.69, 9.17) is 9.47 Å². The summed E-state index contributed by atoms with van der Waals surface area (Å²) in [6.07, 6.45) is 0. The Morgan fingerprint density at radius 3 is 2.19 bits per heavy atom. The number of rotatable bonds is 8. The summed E-state index contributed by atoms with van der Waals surface area (Å²) >= 11 is 3.24. The molecular weight excluding hydrogens is 438 g/mol. The smallest absolute Gasteiger partial charge is 0.239 e. The van der Waals surface area contributed by atoms with Gasteiger partial charge in [-0.3, -0.25) is 9.59 Å². The van der Waals surface area contributed by atoms with Crippen LogP contribution in [0, 0.1) is 0 Å². The third-order valence-corrected chi connectivity index (χ3v) is 5.47. The van der Waals surface area contributed by atoms with Gasteiger partial charge in [-0.2, -0.15) is 0 Å². The number of carbonyl (C=O) groups is 2. The number of methoxy groups -OCH3 is 2. The molecule has 0 heterocycles. The van der Waals surface area contributed by atoms with Gasteiger partial charge in [0.05, 0.1) is 14.2 Å². The molecule has 0 spiro atoms. The molecule has 0 saturated carbocycles. The van der Waals surface area contributed by atoms with E-state index in [0.29, 0.717) is 17.2 Å². The number of benzene rings is 2. The average molecular weight is 456 g/mol. The normalized spacial score (nSPS) is 10.9. The summed E-state index contributed by atoms with van der Waals surface area (Å²) in [6.45, 7) is 0. The first kappa shape index (κ1) is 20.9. The highest BCUT2D eigenvalue weighted by Crippen LogP contribution is 2.29. The Morgan fingerprint density at radius 1 is 0.963 bits per heavy atom. The van der Waals surface area contributed by atoms with Gasteiger partial charge in [0.15, 0.2) is 27.1 Å². The van der Waals surface area contributed by atoms with Gasteiger partial charge in [0.25, 0.3) is 0 Å². The number of ketones is 1. The predicted molar refractivity (Wildman–Crippen MR) is 105 cm³/mol. The number of ether oxygens (including phenoxy) is 2. The highest BCUT2D eigenvalue weighted by Gasteiger charge is 2.22. The van der Waals surface area contributed by atoms with E-state index >= 15 is 0 Å². The monoisotopic (exact) mass is 455 g/mol. The van der Waals surface area contributed by atoms with E-state index in [2.05, 4.69) is 21.2 Å². The van der Waals surface area contributed by atoms with Crippen LogP contribution in [0.25, 0.3) is 0 Å². The molecule has 1 amide bonds. The van der Waals surface area contributed by atoms with Crippen LogP contribution in [0.4, 0.5) is 5.69 Å². The van der Waals surface area contributed by atoms with Crippen molar-refractivity contribution in [2.24, 2.45) is 0 Å². The van der Waals surface area contributed by atoms with E-state index in [9.17, 15) is 18.0 Å². The van der Waals surface area contributed by atoms with Crippen LogP contribution in [0.15, 0.2) is 46.9 Å². The maximum absolute atomic E-state index is 12.2. The van der Waals surface area contributed by atoms with E-state index in [-0.39, 0.29) is 5.56 Å². The first-order valence-electron chi connectivity index (χ1n) is 7.75. The largest absolute Gasteiger partial charge is 0.493 e. The van der Waals surface area contributed by atoms with Gasteiger partial charge < -0.3 is 14.8 Å². The molecule has 2 rings (SSSR count). The Hall–Kier alpha value is -2.39. The van der Waals surface area contributed by atoms with Crippen LogP contribution in [0.1, 0.15) is 10.4 Å². The van der Waals surface area contributed by atoms with Crippen molar-refractivity contribution in [1.29, 1.82) is 0 Å². The second-order valence-corrected chi connectivity index (χ2v) is 8.56. The summed E-state index contributed by atoms with van der Waals surface area (Å²) in [6, 6.07) is 11.0. The van der Waals surface area contributed by atoms with Crippen LogP contribution in [0.2, 0.25) is 0 Å². The molecule has 7 nitrogen and oxygen atoms in total. The van der Waals surface area contributed by atoms with Gasteiger partial charge in [-0.1, -0.05) is 28.1 Å². The van der Waals surface area contributed by atoms with E-state index in [1.807, 2.05) is 0 Å². The number of nitrogens with one attached hydrogen (secondary N) is 1. The fraction of sp³-hybridized carbons (Fsp3) is 0.222. The lowest BCUT2D eigenvalue weighted by Gasteiger charge is -2.10. The van der Waals surface area contributed by atoms with Crippen molar-refractivity contribution in [2.75, 3.05) is 31.0 Å². The Bertz CT molecular complexity index is 941. The molecule has 0 unspecified atom stereocenters. The quantitative estimate of drug-likeness (QED) is 0.614. The molecule has 144 valence electrons. The zero-order valence-electron chi connectivity index (χ0n) is 14.7. The molecule has 0 atom stereocenters. The summed E-state index contributed by atoms with van der Waals surface area (Å²) in [5.41, 5.74) is 0.620. The number of hydrogen-bond acceptors (Lipinski definition) is 6. The lowest BCUT2D eigenvalue weighted by molar-refractivity contribution is -0.113. The first-order chi connectivity index (χ1) is 12.7. The summed E-state index contributed by atoms with van der Waals surface area (Å²) in [5, 5.41) is 2.47. The van der Waals surface area contributed by atoms with Gasteiger partial charge in [-0.25, -0.2) is 8.42 Å². The maximum Gasteiger partial charge on any atom is 0.239 e. The lowest BCUT2D eigenvalue weighted by atomic mass is 10.2. The molecule has 27 heavy (non-hydrogen) atoms. The second-order valence-electron chi connectivity index (χ2n) is 5.58. The topological polar surface area (TPSA) is 98.8 Å². The van der Waals surface area contributed by atoms with Gasteiger partial charge in [-0.05, 0) is 24.3 Å². The number of Topliss-reactive ketones (excluding diaryl/α,β-unsaturated/α-hetero) is 1. The highest BCUT2D eigenvalue weighted by atomic mass is 79.9. The van der Waals surface area contributed by atoms with E-state index in [1.165, 1.54) is 32.4 Å². The maximum atomic E-state index is 12.2. The van der Waals surface area contributed by atoms with Crippen LogP contribution in [-0.2, 0) is 14.6 Å². The molecule has 0 bridgehead atoms. The van der Waals surface area contributed by atoms with Gasteiger partial charge >= 0.3 is 0 Å². The van der Waals surface area contributed by atoms with Crippen LogP contribution in [-0.4, -0.2) is 45.8 Å². The number of halogens is 1. The zero-order valence-corrected chi connectivity index (χ0v) is 17.1. The Kier molecular flexibility index (Phi) is 6.98. The van der Waals surface area contributed by atoms with Crippen LogP contribution < -0.4 is 14.8 Å². The minimum absolute atomic E-state index is 0.266. The van der Waals surface area contributed by atoms with E-state index in [0.717, 1.165) is 4.47 Å². The van der Waals surface area contributed by atoms with Crippen molar-refractivity contribution in [3.63, 3.8) is 0 Å². The van der Waals surface area contributed by atoms with Crippen molar-refractivity contribution < 1.29 is 27.5 Å².